The minimum atomic E-state index is -0.789. The van der Waals surface area contributed by atoms with Gasteiger partial charge in [0.1, 0.15) is 5.75 Å². The number of thioether (sulfide) groups is 2. The zero-order valence-electron chi connectivity index (χ0n) is 24.5. The normalized spacial score (nSPS) is 17.0. The van der Waals surface area contributed by atoms with E-state index in [0.717, 1.165) is 17.1 Å². The van der Waals surface area contributed by atoms with Crippen molar-refractivity contribution in [2.45, 2.75) is 42.9 Å². The number of amides is 3. The highest BCUT2D eigenvalue weighted by atomic mass is 35.5. The number of alkyl halides is 1. The Bertz CT molecular complexity index is 1250. The fraction of sp³-hybridized carbons (Fsp3) is 0.400. The van der Waals surface area contributed by atoms with E-state index in [0.29, 0.717) is 41.5 Å². The molecular formula is C30H38Cl2N4O5S2. The van der Waals surface area contributed by atoms with E-state index < -0.39 is 16.5 Å². The first-order chi connectivity index (χ1) is 20.6. The second-order valence-electron chi connectivity index (χ2n) is 9.35. The molecule has 43 heavy (non-hydrogen) atoms. The quantitative estimate of drug-likeness (QED) is 0.0299. The van der Waals surface area contributed by atoms with Crippen LogP contribution in [0.25, 0.3) is 0 Å². The molecule has 234 valence electrons. The molecule has 0 radical (unpaired) electrons. The highest BCUT2D eigenvalue weighted by Crippen LogP contribution is 2.34. The van der Waals surface area contributed by atoms with Gasteiger partial charge in [-0.1, -0.05) is 37.1 Å². The summed E-state index contributed by atoms with van der Waals surface area (Å²) in [5, 5.41) is 16.0. The Labute approximate surface area is 271 Å². The van der Waals surface area contributed by atoms with Crippen molar-refractivity contribution in [1.82, 2.24) is 15.5 Å². The van der Waals surface area contributed by atoms with E-state index in [2.05, 4.69) is 15.6 Å². The second-order valence-corrected chi connectivity index (χ2v) is 12.8. The molecule has 0 fully saturated rings. The van der Waals surface area contributed by atoms with Crippen LogP contribution in [0, 0.1) is 0 Å². The van der Waals surface area contributed by atoms with Crippen molar-refractivity contribution in [1.29, 1.82) is 0 Å². The maximum Gasteiger partial charge on any atom is 0.292 e. The number of hydrogen-bond acceptors (Lipinski definition) is 8. The molecule has 3 amide bonds. The van der Waals surface area contributed by atoms with Crippen molar-refractivity contribution in [2.24, 2.45) is 4.99 Å². The minimum Gasteiger partial charge on any atom is -0.503 e. The number of hydrogen-bond donors (Lipinski definition) is 3. The summed E-state index contributed by atoms with van der Waals surface area (Å²) in [6.07, 6.45) is 10.9. The molecule has 0 bridgehead atoms. The van der Waals surface area contributed by atoms with Crippen molar-refractivity contribution in [2.75, 3.05) is 38.2 Å². The summed E-state index contributed by atoms with van der Waals surface area (Å²) in [5.41, 5.74) is 0. The molecule has 0 saturated heterocycles. The lowest BCUT2D eigenvalue weighted by molar-refractivity contribution is -0.125. The van der Waals surface area contributed by atoms with Crippen LogP contribution in [0.4, 0.5) is 0 Å². The molecule has 1 aliphatic carbocycles. The molecule has 0 spiro atoms. The second kappa shape index (κ2) is 19.4. The lowest BCUT2D eigenvalue weighted by Gasteiger charge is -2.24. The van der Waals surface area contributed by atoms with Gasteiger partial charge in [-0.25, -0.2) is 0 Å². The summed E-state index contributed by atoms with van der Waals surface area (Å²) >= 11 is 15.7. The monoisotopic (exact) mass is 668 g/mol. The van der Waals surface area contributed by atoms with Crippen molar-refractivity contribution >= 4 is 70.9 Å². The summed E-state index contributed by atoms with van der Waals surface area (Å²) in [5.74, 6) is -0.184. The van der Waals surface area contributed by atoms with Crippen LogP contribution in [0.15, 0.2) is 80.2 Å². The van der Waals surface area contributed by atoms with Gasteiger partial charge in [-0.3, -0.25) is 29.6 Å². The first-order valence-corrected chi connectivity index (χ1v) is 16.4. The molecule has 0 saturated carbocycles. The Hall–Kier alpha value is -2.86. The lowest BCUT2D eigenvalue weighted by Crippen LogP contribution is -2.49. The predicted octanol–water partition coefficient (Wildman–Crippen LogP) is 5.77. The number of methoxy groups -OCH3 is 1. The molecule has 13 heteroatoms. The summed E-state index contributed by atoms with van der Waals surface area (Å²) in [4.78, 5) is 43.8. The van der Waals surface area contributed by atoms with E-state index in [-0.39, 0.29) is 30.7 Å². The number of allylic oxidation sites excluding steroid dienone is 6. The van der Waals surface area contributed by atoms with Crippen LogP contribution in [0.2, 0.25) is 0 Å². The molecule has 1 aliphatic rings. The largest absolute Gasteiger partial charge is 0.503 e. The third-order valence-corrected chi connectivity index (χ3v) is 8.56. The fourth-order valence-corrected chi connectivity index (χ4v) is 5.85. The maximum absolute atomic E-state index is 13.5. The predicted molar refractivity (Wildman–Crippen MR) is 178 cm³/mol. The van der Waals surface area contributed by atoms with Gasteiger partial charge in [-0.05, 0) is 62.3 Å². The molecule has 1 aromatic rings. The Balaban J connectivity index is 2.12. The van der Waals surface area contributed by atoms with Crippen molar-refractivity contribution in [3.63, 3.8) is 0 Å². The van der Waals surface area contributed by atoms with Gasteiger partial charge in [0.25, 0.3) is 5.91 Å². The summed E-state index contributed by atoms with van der Waals surface area (Å²) in [6, 6.07) is 7.60. The van der Waals surface area contributed by atoms with Gasteiger partial charge in [0.15, 0.2) is 5.76 Å². The third kappa shape index (κ3) is 13.5. The van der Waals surface area contributed by atoms with Crippen LogP contribution in [0.5, 0.6) is 5.75 Å². The van der Waals surface area contributed by atoms with Crippen LogP contribution in [0.3, 0.4) is 0 Å². The van der Waals surface area contributed by atoms with Crippen LogP contribution in [-0.4, -0.2) is 77.3 Å². The highest BCUT2D eigenvalue weighted by molar-refractivity contribution is 8.04. The van der Waals surface area contributed by atoms with Gasteiger partial charge in [0.2, 0.25) is 18.3 Å². The van der Waals surface area contributed by atoms with Crippen LogP contribution in [-0.2, 0) is 14.4 Å². The van der Waals surface area contributed by atoms with Crippen molar-refractivity contribution < 1.29 is 24.2 Å². The smallest absolute Gasteiger partial charge is 0.292 e. The van der Waals surface area contributed by atoms with Crippen molar-refractivity contribution in [3.05, 3.63) is 70.3 Å². The molecular weight excluding hydrogens is 631 g/mol. The Kier molecular flexibility index (Phi) is 16.4. The lowest BCUT2D eigenvalue weighted by atomic mass is 10.1. The average molecular weight is 670 g/mol. The number of halogens is 2. The molecule has 2 rings (SSSR count). The number of guanidine groups is 1. The first kappa shape index (κ1) is 36.3. The van der Waals surface area contributed by atoms with Crippen LogP contribution >= 0.6 is 46.7 Å². The topological polar surface area (TPSA) is 120 Å². The van der Waals surface area contributed by atoms with E-state index in [1.54, 1.807) is 50.1 Å². The third-order valence-electron chi connectivity index (χ3n) is 5.80. The number of nitrogens with zero attached hydrogens (tertiary/aromatic N) is 2. The molecule has 1 aromatic carbocycles. The maximum atomic E-state index is 13.5. The molecule has 0 aromatic heterocycles. The molecule has 3 N–H and O–H groups in total. The summed E-state index contributed by atoms with van der Waals surface area (Å²) in [7, 11) is 1.61. The van der Waals surface area contributed by atoms with Gasteiger partial charge in [-0.15, -0.1) is 35.1 Å². The summed E-state index contributed by atoms with van der Waals surface area (Å²) < 4.78 is 5.16. The number of aliphatic hydroxyl groups is 1. The van der Waals surface area contributed by atoms with Gasteiger partial charge in [0, 0.05) is 28.6 Å². The molecule has 0 heterocycles. The van der Waals surface area contributed by atoms with Crippen LogP contribution in [0.1, 0.15) is 33.1 Å². The van der Waals surface area contributed by atoms with E-state index in [9.17, 15) is 19.5 Å². The van der Waals surface area contributed by atoms with Gasteiger partial charge in [0.05, 0.1) is 29.3 Å². The Morgan fingerprint density at radius 2 is 1.98 bits per heavy atom. The van der Waals surface area contributed by atoms with E-state index in [4.69, 9.17) is 27.9 Å². The summed E-state index contributed by atoms with van der Waals surface area (Å²) in [6.45, 7) is 4.39. The molecule has 9 nitrogen and oxygen atoms in total. The molecule has 1 atom stereocenters. The number of carbonyl (C=O) groups excluding carboxylic acids is 3. The average Bonchev–Trinajstić information content (AvgIpc) is 3.11. The Morgan fingerprint density at radius 3 is 2.65 bits per heavy atom. The number of nitrogens with one attached hydrogen (secondary N) is 2. The number of rotatable bonds is 16. The standard InChI is InChI=1S/C30H38Cl2N4O5S2/c1-4-5-17-36(27(39)20-43-26-9-6-14-30(2,32)19-24(26)31)29(34-16-15-33-21-37)35-28(40)25(38)8-7-18-42-23-12-10-22(41-3)11-13-23/h6,8-14,19,21,38H,4-5,7,15-18,20H2,1-3H3,(H,33,37)(H,34,35,40)/b25-8-. The SMILES string of the molecule is CCCCN(C(=O)CSC1=CC=CC(C)(Cl)C=C1Cl)C(=NCCNC=O)NC(=O)/C(O)=C/CCSc1ccc(OC)cc1. The van der Waals surface area contributed by atoms with Gasteiger partial charge >= 0.3 is 0 Å². The fourth-order valence-electron chi connectivity index (χ4n) is 3.55. The van der Waals surface area contributed by atoms with Gasteiger partial charge < -0.3 is 15.2 Å². The zero-order valence-corrected chi connectivity index (χ0v) is 27.6. The highest BCUT2D eigenvalue weighted by Gasteiger charge is 2.24. The number of benzene rings is 1. The first-order valence-electron chi connectivity index (χ1n) is 13.7. The molecule has 0 aliphatic heterocycles. The molecule has 1 unspecified atom stereocenters. The minimum absolute atomic E-state index is 0.00554. The van der Waals surface area contributed by atoms with Gasteiger partial charge in [-0.2, -0.15) is 0 Å². The van der Waals surface area contributed by atoms with Crippen LogP contribution < -0.4 is 15.4 Å². The van der Waals surface area contributed by atoms with E-state index in [1.165, 1.54) is 22.7 Å². The van der Waals surface area contributed by atoms with E-state index in [1.807, 2.05) is 31.2 Å². The number of carbonyl (C=O) groups is 3. The number of unbranched alkanes of at least 4 members (excludes halogenated alkanes) is 1. The Morgan fingerprint density at radius 1 is 1.23 bits per heavy atom. The number of aliphatic imine (C=N–C) groups is 1. The number of aliphatic hydroxyl groups excluding tert-OH is 1. The van der Waals surface area contributed by atoms with Crippen molar-refractivity contribution in [3.8, 4) is 5.75 Å². The van der Waals surface area contributed by atoms with E-state index >= 15 is 0 Å². The number of ether oxygens (including phenoxy) is 1. The zero-order chi connectivity index (χ0) is 31.7.